The number of anilines is 1. The zero-order valence-corrected chi connectivity index (χ0v) is 16.1. The van der Waals surface area contributed by atoms with E-state index in [1.807, 2.05) is 36.4 Å². The number of nitrogens with one attached hydrogen (secondary N) is 2. The number of hydrogen-bond acceptors (Lipinski definition) is 4. The number of hydrogen-bond donors (Lipinski definition) is 2. The van der Waals surface area contributed by atoms with Crippen molar-refractivity contribution in [2.24, 2.45) is 10.9 Å². The van der Waals surface area contributed by atoms with Gasteiger partial charge in [-0.2, -0.15) is 4.99 Å². The fourth-order valence-corrected chi connectivity index (χ4v) is 3.26. The lowest BCUT2D eigenvalue weighted by atomic mass is 10.0. The smallest absolute Gasteiger partial charge is 0.260 e. The molecule has 8 heteroatoms. The average Bonchev–Trinajstić information content (AvgIpc) is 2.69. The van der Waals surface area contributed by atoms with Crippen LogP contribution in [0, 0.1) is 11.7 Å². The van der Waals surface area contributed by atoms with Gasteiger partial charge in [0.1, 0.15) is 11.7 Å². The zero-order chi connectivity index (χ0) is 20.6. The largest absolute Gasteiger partial charge is 0.325 e. The molecule has 2 N–H and O–H groups in total. The van der Waals surface area contributed by atoms with Gasteiger partial charge in [0, 0.05) is 5.69 Å². The summed E-state index contributed by atoms with van der Waals surface area (Å²) in [5, 5.41) is 5.17. The topological polar surface area (TPSA) is 87.6 Å². The Bertz CT molecular complexity index is 976. The molecule has 29 heavy (non-hydrogen) atoms. The summed E-state index contributed by atoms with van der Waals surface area (Å²) in [6.45, 7) is 0. The third-order valence-corrected chi connectivity index (χ3v) is 4.86. The predicted octanol–water partition coefficient (Wildman–Crippen LogP) is 3.23. The highest BCUT2D eigenvalue weighted by Gasteiger charge is 2.31. The molecule has 0 aliphatic carbocycles. The minimum absolute atomic E-state index is 0.0812. The van der Waals surface area contributed by atoms with Crippen molar-refractivity contribution in [1.82, 2.24) is 5.32 Å². The standard InChI is InChI=1S/C21H18FN3O3S/c22-15-9-5-10-16(12-15)23-18(26)13-29-21-24-19(27)17(20(28)25-21)11-4-8-14-6-2-1-3-7-14/h1-10,12,17H,11,13H2,(H,23,26)(H,24,25,27,28)/b8-4+. The number of aliphatic imine (C=N–C) groups is 1. The molecule has 1 heterocycles. The normalized spacial score (nSPS) is 16.4. The fourth-order valence-electron chi connectivity index (χ4n) is 2.59. The number of halogens is 1. The van der Waals surface area contributed by atoms with E-state index in [2.05, 4.69) is 15.6 Å². The molecule has 0 saturated heterocycles. The highest BCUT2D eigenvalue weighted by molar-refractivity contribution is 8.14. The number of thioether (sulfide) groups is 1. The van der Waals surface area contributed by atoms with Crippen molar-refractivity contribution in [2.75, 3.05) is 11.1 Å². The van der Waals surface area contributed by atoms with Gasteiger partial charge in [-0.1, -0.05) is 60.3 Å². The quantitative estimate of drug-likeness (QED) is 0.715. The summed E-state index contributed by atoms with van der Waals surface area (Å²) in [4.78, 5) is 40.2. The predicted molar refractivity (Wildman–Crippen MR) is 112 cm³/mol. The zero-order valence-electron chi connectivity index (χ0n) is 15.3. The summed E-state index contributed by atoms with van der Waals surface area (Å²) >= 11 is 0.933. The van der Waals surface area contributed by atoms with Crippen LogP contribution in [-0.4, -0.2) is 28.6 Å². The Kier molecular flexibility index (Phi) is 6.91. The van der Waals surface area contributed by atoms with Gasteiger partial charge < -0.3 is 10.6 Å². The van der Waals surface area contributed by atoms with Crippen LogP contribution < -0.4 is 10.6 Å². The molecule has 0 spiro atoms. The van der Waals surface area contributed by atoms with E-state index < -0.39 is 29.5 Å². The molecule has 148 valence electrons. The third-order valence-electron chi connectivity index (χ3n) is 3.99. The van der Waals surface area contributed by atoms with Gasteiger partial charge in [-0.3, -0.25) is 14.4 Å². The maximum atomic E-state index is 13.1. The number of carbonyl (C=O) groups is 3. The molecule has 0 aromatic heterocycles. The Hall–Kier alpha value is -3.26. The lowest BCUT2D eigenvalue weighted by molar-refractivity contribution is -0.133. The maximum absolute atomic E-state index is 13.1. The first-order valence-corrected chi connectivity index (χ1v) is 9.83. The first-order valence-electron chi connectivity index (χ1n) is 8.84. The van der Waals surface area contributed by atoms with Crippen molar-refractivity contribution < 1.29 is 18.8 Å². The summed E-state index contributed by atoms with van der Waals surface area (Å²) < 4.78 is 13.1. The number of amidine groups is 1. The molecule has 0 radical (unpaired) electrons. The van der Waals surface area contributed by atoms with Crippen molar-refractivity contribution >= 4 is 46.4 Å². The van der Waals surface area contributed by atoms with Crippen LogP contribution in [0.4, 0.5) is 10.1 Å². The Morgan fingerprint density at radius 2 is 1.97 bits per heavy atom. The molecule has 3 amide bonds. The second kappa shape index (κ2) is 9.79. The van der Waals surface area contributed by atoms with Crippen LogP contribution in [-0.2, 0) is 14.4 Å². The number of rotatable bonds is 6. The lowest BCUT2D eigenvalue weighted by Gasteiger charge is -2.18. The SMILES string of the molecule is O=C(CSC1=NC(=O)C(C/C=C/c2ccccc2)C(=O)N1)Nc1cccc(F)c1. The van der Waals surface area contributed by atoms with Crippen LogP contribution in [0.25, 0.3) is 6.08 Å². The minimum Gasteiger partial charge on any atom is -0.325 e. The number of benzene rings is 2. The van der Waals surface area contributed by atoms with E-state index in [1.165, 1.54) is 18.2 Å². The molecular formula is C21H18FN3O3S. The summed E-state index contributed by atoms with van der Waals surface area (Å²) in [6.07, 6.45) is 3.84. The average molecular weight is 411 g/mol. The van der Waals surface area contributed by atoms with Gasteiger partial charge in [0.25, 0.3) is 5.91 Å². The highest BCUT2D eigenvalue weighted by Crippen LogP contribution is 2.17. The summed E-state index contributed by atoms with van der Waals surface area (Å²) in [5.41, 5.74) is 1.30. The molecule has 0 bridgehead atoms. The van der Waals surface area contributed by atoms with Crippen molar-refractivity contribution in [1.29, 1.82) is 0 Å². The van der Waals surface area contributed by atoms with Gasteiger partial charge in [0.05, 0.1) is 5.75 Å². The summed E-state index contributed by atoms with van der Waals surface area (Å²) in [6, 6.07) is 15.0. The first-order chi connectivity index (χ1) is 14.0. The van der Waals surface area contributed by atoms with Gasteiger partial charge >= 0.3 is 0 Å². The number of carbonyl (C=O) groups excluding carboxylic acids is 3. The van der Waals surface area contributed by atoms with Crippen molar-refractivity contribution in [3.63, 3.8) is 0 Å². The molecule has 1 unspecified atom stereocenters. The van der Waals surface area contributed by atoms with Crippen LogP contribution in [0.15, 0.2) is 65.7 Å². The summed E-state index contributed by atoms with van der Waals surface area (Å²) in [5.74, 6) is -2.83. The Balaban J connectivity index is 1.51. The second-order valence-corrected chi connectivity index (χ2v) is 7.16. The van der Waals surface area contributed by atoms with Crippen molar-refractivity contribution in [2.45, 2.75) is 6.42 Å². The first kappa shape index (κ1) is 20.5. The molecule has 3 rings (SSSR count). The van der Waals surface area contributed by atoms with Crippen LogP contribution in [0.1, 0.15) is 12.0 Å². The van der Waals surface area contributed by atoms with E-state index in [9.17, 15) is 18.8 Å². The van der Waals surface area contributed by atoms with E-state index in [1.54, 1.807) is 12.1 Å². The molecular weight excluding hydrogens is 393 g/mol. The Labute approximate surface area is 171 Å². The molecule has 0 saturated carbocycles. The second-order valence-electron chi connectivity index (χ2n) is 6.19. The van der Waals surface area contributed by atoms with E-state index in [0.29, 0.717) is 5.69 Å². The molecule has 1 aliphatic heterocycles. The van der Waals surface area contributed by atoms with E-state index >= 15 is 0 Å². The van der Waals surface area contributed by atoms with Crippen LogP contribution in [0.3, 0.4) is 0 Å². The Morgan fingerprint density at radius 1 is 1.17 bits per heavy atom. The highest BCUT2D eigenvalue weighted by atomic mass is 32.2. The Morgan fingerprint density at radius 3 is 2.69 bits per heavy atom. The van der Waals surface area contributed by atoms with Gasteiger partial charge in [0.15, 0.2) is 5.17 Å². The number of amides is 3. The van der Waals surface area contributed by atoms with Gasteiger partial charge in [-0.05, 0) is 30.2 Å². The van der Waals surface area contributed by atoms with Crippen molar-refractivity contribution in [3.8, 4) is 0 Å². The van der Waals surface area contributed by atoms with Crippen LogP contribution >= 0.6 is 11.8 Å². The maximum Gasteiger partial charge on any atom is 0.260 e. The number of allylic oxidation sites excluding steroid dienone is 1. The minimum atomic E-state index is -0.888. The van der Waals surface area contributed by atoms with E-state index in [4.69, 9.17) is 0 Å². The molecule has 2 aromatic carbocycles. The van der Waals surface area contributed by atoms with E-state index in [0.717, 1.165) is 17.3 Å². The monoisotopic (exact) mass is 411 g/mol. The fraction of sp³-hybridized carbons (Fsp3) is 0.143. The van der Waals surface area contributed by atoms with Crippen LogP contribution in [0.2, 0.25) is 0 Å². The lowest BCUT2D eigenvalue weighted by Crippen LogP contribution is -2.42. The van der Waals surface area contributed by atoms with E-state index in [-0.39, 0.29) is 17.3 Å². The molecule has 6 nitrogen and oxygen atoms in total. The van der Waals surface area contributed by atoms with Gasteiger partial charge in [-0.15, -0.1) is 0 Å². The molecule has 2 aromatic rings. The van der Waals surface area contributed by atoms with Gasteiger partial charge in [-0.25, -0.2) is 4.39 Å². The third kappa shape index (κ3) is 6.11. The molecule has 1 atom stereocenters. The number of nitrogens with zero attached hydrogens (tertiary/aromatic N) is 1. The van der Waals surface area contributed by atoms with Crippen molar-refractivity contribution in [3.05, 3.63) is 72.1 Å². The van der Waals surface area contributed by atoms with Gasteiger partial charge in [0.2, 0.25) is 11.8 Å². The molecule has 1 aliphatic rings. The molecule has 0 fully saturated rings. The summed E-state index contributed by atoms with van der Waals surface area (Å²) in [7, 11) is 0. The van der Waals surface area contributed by atoms with Crippen LogP contribution in [0.5, 0.6) is 0 Å².